The van der Waals surface area contributed by atoms with Crippen LogP contribution in [0.3, 0.4) is 0 Å². The van der Waals surface area contributed by atoms with Crippen LogP contribution in [0.5, 0.6) is 5.75 Å². The summed E-state index contributed by atoms with van der Waals surface area (Å²) in [5.74, 6) is 0.498. The Morgan fingerprint density at radius 1 is 1.38 bits per heavy atom. The first-order valence-electron chi connectivity index (χ1n) is 6.85. The minimum absolute atomic E-state index is 0.00725. The van der Waals surface area contributed by atoms with Crippen molar-refractivity contribution in [2.24, 2.45) is 0 Å². The second-order valence-electron chi connectivity index (χ2n) is 4.76. The third-order valence-electron chi connectivity index (χ3n) is 2.97. The van der Waals surface area contributed by atoms with Crippen molar-refractivity contribution >= 4 is 5.91 Å². The van der Waals surface area contributed by atoms with Crippen molar-refractivity contribution in [3.63, 3.8) is 0 Å². The van der Waals surface area contributed by atoms with Crippen LogP contribution >= 0.6 is 0 Å². The smallest absolute Gasteiger partial charge is 0.255 e. The van der Waals surface area contributed by atoms with Gasteiger partial charge in [-0.05, 0) is 37.6 Å². The minimum atomic E-state index is -0.276. The van der Waals surface area contributed by atoms with E-state index in [1.165, 1.54) is 6.07 Å². The molecule has 2 aromatic rings. The number of rotatable bonds is 7. The maximum Gasteiger partial charge on any atom is 0.255 e. The van der Waals surface area contributed by atoms with Gasteiger partial charge in [-0.1, -0.05) is 11.6 Å². The van der Waals surface area contributed by atoms with Gasteiger partial charge in [0.05, 0.1) is 11.8 Å². The van der Waals surface area contributed by atoms with Crippen molar-refractivity contribution in [3.8, 4) is 5.75 Å². The molecule has 0 spiro atoms. The molecule has 0 bridgehead atoms. The van der Waals surface area contributed by atoms with Crippen molar-refractivity contribution in [1.82, 2.24) is 5.32 Å². The summed E-state index contributed by atoms with van der Waals surface area (Å²) in [6.07, 6.45) is 2.30. The van der Waals surface area contributed by atoms with E-state index in [1.807, 2.05) is 19.1 Å². The molecule has 2 rings (SSSR count). The van der Waals surface area contributed by atoms with Gasteiger partial charge in [-0.25, -0.2) is 0 Å². The van der Waals surface area contributed by atoms with Crippen LogP contribution in [0.4, 0.5) is 0 Å². The average Bonchev–Trinajstić information content (AvgIpc) is 2.98. The van der Waals surface area contributed by atoms with Crippen LogP contribution in [0, 0.1) is 6.92 Å². The number of hydrogen-bond donors (Lipinski definition) is 2. The Balaban J connectivity index is 1.66. The van der Waals surface area contributed by atoms with E-state index < -0.39 is 0 Å². The molecule has 1 heterocycles. The van der Waals surface area contributed by atoms with Gasteiger partial charge in [0.2, 0.25) is 0 Å². The average molecular weight is 289 g/mol. The first-order chi connectivity index (χ1) is 10.2. The fourth-order valence-corrected chi connectivity index (χ4v) is 1.87. The zero-order valence-corrected chi connectivity index (χ0v) is 12.0. The first-order valence-corrected chi connectivity index (χ1v) is 6.85. The number of ether oxygens (including phenoxy) is 1. The van der Waals surface area contributed by atoms with E-state index in [-0.39, 0.29) is 11.7 Å². The normalized spacial score (nSPS) is 10.5. The van der Waals surface area contributed by atoms with Gasteiger partial charge in [0.15, 0.2) is 0 Å². The number of benzene rings is 1. The number of aryl methyl sites for hydroxylation is 1. The van der Waals surface area contributed by atoms with Crippen LogP contribution < -0.4 is 5.32 Å². The lowest BCUT2D eigenvalue weighted by Crippen LogP contribution is -2.25. The van der Waals surface area contributed by atoms with E-state index in [0.29, 0.717) is 31.7 Å². The molecule has 1 aromatic carbocycles. The predicted molar refractivity (Wildman–Crippen MR) is 78.2 cm³/mol. The van der Waals surface area contributed by atoms with Gasteiger partial charge in [0.1, 0.15) is 18.1 Å². The Morgan fingerprint density at radius 3 is 3.00 bits per heavy atom. The zero-order valence-electron chi connectivity index (χ0n) is 12.0. The molecule has 5 heteroatoms. The molecule has 1 amide bonds. The molecule has 2 N–H and O–H groups in total. The molecular formula is C16H19NO4. The lowest BCUT2D eigenvalue weighted by atomic mass is 10.1. The molecule has 0 radical (unpaired) electrons. The quantitative estimate of drug-likeness (QED) is 0.769. The number of hydrogen-bond acceptors (Lipinski definition) is 4. The number of carbonyl (C=O) groups excluding carboxylic acids is 1. The van der Waals surface area contributed by atoms with Crippen LogP contribution in [-0.2, 0) is 11.3 Å². The van der Waals surface area contributed by atoms with Crippen molar-refractivity contribution in [2.75, 3.05) is 13.2 Å². The fourth-order valence-electron chi connectivity index (χ4n) is 1.87. The highest BCUT2D eigenvalue weighted by atomic mass is 16.5. The van der Waals surface area contributed by atoms with Crippen molar-refractivity contribution in [2.45, 2.75) is 20.0 Å². The summed E-state index contributed by atoms with van der Waals surface area (Å²) in [5.41, 5.74) is 1.23. The Labute approximate surface area is 123 Å². The van der Waals surface area contributed by atoms with Gasteiger partial charge in [-0.3, -0.25) is 4.79 Å². The second kappa shape index (κ2) is 7.50. The summed E-state index contributed by atoms with van der Waals surface area (Å²) in [6, 6.07) is 8.61. The molecular weight excluding hydrogens is 270 g/mol. The molecule has 0 atom stereocenters. The summed E-state index contributed by atoms with van der Waals surface area (Å²) >= 11 is 0. The summed E-state index contributed by atoms with van der Waals surface area (Å²) in [4.78, 5) is 11.9. The van der Waals surface area contributed by atoms with Crippen LogP contribution in [0.2, 0.25) is 0 Å². The number of nitrogens with one attached hydrogen (secondary N) is 1. The van der Waals surface area contributed by atoms with Gasteiger partial charge in [0, 0.05) is 13.2 Å². The van der Waals surface area contributed by atoms with E-state index in [1.54, 1.807) is 18.4 Å². The molecule has 1 aromatic heterocycles. The highest BCUT2D eigenvalue weighted by Crippen LogP contribution is 2.17. The highest BCUT2D eigenvalue weighted by Gasteiger charge is 2.10. The Bertz CT molecular complexity index is 578. The van der Waals surface area contributed by atoms with Gasteiger partial charge in [-0.15, -0.1) is 0 Å². The first kappa shape index (κ1) is 15.1. The second-order valence-corrected chi connectivity index (χ2v) is 4.76. The van der Waals surface area contributed by atoms with Crippen LogP contribution in [0.15, 0.2) is 41.0 Å². The SMILES string of the molecule is Cc1ccc(O)c(C(=O)NCCCOCc2ccco2)c1. The van der Waals surface area contributed by atoms with Gasteiger partial charge in [0.25, 0.3) is 5.91 Å². The molecule has 0 saturated heterocycles. The fraction of sp³-hybridized carbons (Fsp3) is 0.312. The number of phenolic OH excluding ortho intramolecular Hbond substituents is 1. The third kappa shape index (κ3) is 4.65. The van der Waals surface area contributed by atoms with Crippen LogP contribution in [-0.4, -0.2) is 24.2 Å². The largest absolute Gasteiger partial charge is 0.507 e. The van der Waals surface area contributed by atoms with E-state index >= 15 is 0 Å². The summed E-state index contributed by atoms with van der Waals surface area (Å²) in [5, 5.41) is 12.4. The molecule has 21 heavy (non-hydrogen) atoms. The predicted octanol–water partition coefficient (Wildman–Crippen LogP) is 2.63. The molecule has 5 nitrogen and oxygen atoms in total. The summed E-state index contributed by atoms with van der Waals surface area (Å²) < 4.78 is 10.6. The number of amides is 1. The highest BCUT2D eigenvalue weighted by molar-refractivity contribution is 5.96. The summed E-state index contributed by atoms with van der Waals surface area (Å²) in [6.45, 7) is 3.32. The summed E-state index contributed by atoms with van der Waals surface area (Å²) in [7, 11) is 0. The number of phenols is 1. The number of aromatic hydroxyl groups is 1. The van der Waals surface area contributed by atoms with Gasteiger partial charge < -0.3 is 19.6 Å². The molecule has 0 fully saturated rings. The molecule has 0 aliphatic carbocycles. The number of carbonyl (C=O) groups is 1. The van der Waals surface area contributed by atoms with Crippen molar-refractivity contribution < 1.29 is 19.1 Å². The van der Waals surface area contributed by atoms with E-state index in [0.717, 1.165) is 11.3 Å². The van der Waals surface area contributed by atoms with Crippen LogP contribution in [0.1, 0.15) is 28.1 Å². The topological polar surface area (TPSA) is 71.7 Å². The van der Waals surface area contributed by atoms with Crippen LogP contribution in [0.25, 0.3) is 0 Å². The Morgan fingerprint density at radius 2 is 2.24 bits per heavy atom. The van der Waals surface area contributed by atoms with Gasteiger partial charge in [-0.2, -0.15) is 0 Å². The standard InChI is InChI=1S/C16H19NO4/c1-12-5-6-15(18)14(10-12)16(19)17-7-3-8-20-11-13-4-2-9-21-13/h2,4-6,9-10,18H,3,7-8,11H2,1H3,(H,17,19). The van der Waals surface area contributed by atoms with Crippen molar-refractivity contribution in [3.05, 3.63) is 53.5 Å². The number of furan rings is 1. The molecule has 0 aliphatic heterocycles. The maximum atomic E-state index is 11.9. The lowest BCUT2D eigenvalue weighted by Gasteiger charge is -2.08. The zero-order chi connectivity index (χ0) is 15.1. The maximum absolute atomic E-state index is 11.9. The van der Waals surface area contributed by atoms with E-state index in [2.05, 4.69) is 5.32 Å². The van der Waals surface area contributed by atoms with Gasteiger partial charge >= 0.3 is 0 Å². The Kier molecular flexibility index (Phi) is 5.40. The monoisotopic (exact) mass is 289 g/mol. The van der Waals surface area contributed by atoms with Crippen molar-refractivity contribution in [1.29, 1.82) is 0 Å². The lowest BCUT2D eigenvalue weighted by molar-refractivity contribution is 0.0915. The molecule has 0 aliphatic rings. The molecule has 0 unspecified atom stereocenters. The minimum Gasteiger partial charge on any atom is -0.507 e. The molecule has 112 valence electrons. The van der Waals surface area contributed by atoms with E-state index in [4.69, 9.17) is 9.15 Å². The third-order valence-corrected chi connectivity index (χ3v) is 2.97. The van der Waals surface area contributed by atoms with E-state index in [9.17, 15) is 9.90 Å². The Hall–Kier alpha value is -2.27. The molecule has 0 saturated carbocycles.